The number of halogens is 3. The summed E-state index contributed by atoms with van der Waals surface area (Å²) in [6.45, 7) is 0.472. The van der Waals surface area contributed by atoms with Gasteiger partial charge in [0.15, 0.2) is 0 Å². The van der Waals surface area contributed by atoms with E-state index in [0.29, 0.717) is 29.2 Å². The normalized spacial score (nSPS) is 13.4. The summed E-state index contributed by atoms with van der Waals surface area (Å²) >= 11 is 18.4. The maximum atomic E-state index is 13.0. The molecule has 0 aromatic heterocycles. The van der Waals surface area contributed by atoms with E-state index in [1.54, 1.807) is 30.3 Å². The van der Waals surface area contributed by atoms with Gasteiger partial charge in [-0.05, 0) is 48.4 Å². The Morgan fingerprint density at radius 3 is 2.38 bits per heavy atom. The van der Waals surface area contributed by atoms with Crippen LogP contribution in [0.25, 0.3) is 0 Å². The number of imide groups is 1. The van der Waals surface area contributed by atoms with Crippen LogP contribution in [0, 0.1) is 0 Å². The highest BCUT2D eigenvalue weighted by Crippen LogP contribution is 2.35. The average Bonchev–Trinajstić information content (AvgIpc) is 3.04. The number of carbonyl (C=O) groups is 3. The van der Waals surface area contributed by atoms with E-state index in [1.165, 1.54) is 12.1 Å². The van der Waals surface area contributed by atoms with Crippen molar-refractivity contribution in [3.05, 3.63) is 105 Å². The van der Waals surface area contributed by atoms with Crippen LogP contribution in [0.3, 0.4) is 0 Å². The number of anilines is 2. The fourth-order valence-electron chi connectivity index (χ4n) is 3.44. The molecule has 1 aliphatic heterocycles. The molecular weight excluding hydrogens is 497 g/mol. The number of nitrogens with one attached hydrogen (secondary N) is 2. The highest BCUT2D eigenvalue weighted by atomic mass is 35.5. The second-order valence-corrected chi connectivity index (χ2v) is 8.65. The van der Waals surface area contributed by atoms with Crippen LogP contribution < -0.4 is 15.5 Å². The maximum absolute atomic E-state index is 13.0. The quantitative estimate of drug-likeness (QED) is 0.414. The Morgan fingerprint density at radius 2 is 1.62 bits per heavy atom. The molecule has 34 heavy (non-hydrogen) atoms. The van der Waals surface area contributed by atoms with Crippen LogP contribution >= 0.6 is 34.8 Å². The van der Waals surface area contributed by atoms with Gasteiger partial charge in [-0.3, -0.25) is 14.4 Å². The largest absolute Gasteiger partial charge is 0.352 e. The highest BCUT2D eigenvalue weighted by Gasteiger charge is 2.40. The number of amides is 3. The number of rotatable bonds is 7. The van der Waals surface area contributed by atoms with Gasteiger partial charge in [0.05, 0.1) is 10.7 Å². The molecule has 0 spiro atoms. The van der Waals surface area contributed by atoms with E-state index in [2.05, 4.69) is 10.6 Å². The summed E-state index contributed by atoms with van der Waals surface area (Å²) in [5.74, 6) is -1.68. The molecule has 9 heteroatoms. The first-order valence-electron chi connectivity index (χ1n) is 10.3. The third-order valence-corrected chi connectivity index (χ3v) is 6.02. The predicted octanol–water partition coefficient (Wildman–Crippen LogP) is 5.40. The van der Waals surface area contributed by atoms with Crippen LogP contribution in [-0.2, 0) is 16.0 Å². The summed E-state index contributed by atoms with van der Waals surface area (Å²) in [6.07, 6.45) is 0.700. The van der Waals surface area contributed by atoms with Crippen molar-refractivity contribution in [3.63, 3.8) is 0 Å². The molecular formula is C25H18Cl3N3O3. The molecule has 2 N–H and O–H groups in total. The van der Waals surface area contributed by atoms with Gasteiger partial charge >= 0.3 is 0 Å². The van der Waals surface area contributed by atoms with E-state index in [4.69, 9.17) is 34.8 Å². The number of nitrogens with zero attached hydrogens (tertiary/aromatic N) is 1. The first kappa shape index (κ1) is 23.8. The van der Waals surface area contributed by atoms with Crippen LogP contribution in [0.15, 0.2) is 83.5 Å². The topological polar surface area (TPSA) is 78.5 Å². The number of hydrogen-bond donors (Lipinski definition) is 2. The number of carbonyl (C=O) groups excluding carboxylic acids is 3. The molecule has 3 amide bonds. The minimum Gasteiger partial charge on any atom is -0.352 e. The molecule has 0 bridgehead atoms. The standard InChI is InChI=1S/C25H18Cl3N3O3/c26-17-9-10-19(27)20(14-17)31-24(33)21(28)22(25(31)34)30-18-8-4-7-16(13-18)23(32)29-12-11-15-5-2-1-3-6-15/h1-10,13-14,30H,11-12H2,(H,29,32). The van der Waals surface area contributed by atoms with E-state index >= 15 is 0 Å². The Hall–Kier alpha value is -3.32. The molecule has 0 fully saturated rings. The Morgan fingerprint density at radius 1 is 0.853 bits per heavy atom. The molecule has 0 saturated heterocycles. The molecule has 1 heterocycles. The minimum absolute atomic E-state index is 0.121. The van der Waals surface area contributed by atoms with Gasteiger partial charge in [-0.1, -0.05) is 71.2 Å². The lowest BCUT2D eigenvalue weighted by molar-refractivity contribution is -0.120. The van der Waals surface area contributed by atoms with Crippen LogP contribution in [0.2, 0.25) is 10.0 Å². The Balaban J connectivity index is 1.47. The fourth-order valence-corrected chi connectivity index (χ4v) is 4.02. The lowest BCUT2D eigenvalue weighted by Gasteiger charge is -2.17. The summed E-state index contributed by atoms with van der Waals surface area (Å²) < 4.78 is 0. The van der Waals surface area contributed by atoms with Crippen LogP contribution in [-0.4, -0.2) is 24.3 Å². The van der Waals surface area contributed by atoms with Crippen molar-refractivity contribution in [1.82, 2.24) is 5.32 Å². The van der Waals surface area contributed by atoms with E-state index < -0.39 is 11.8 Å². The molecule has 4 rings (SSSR count). The lowest BCUT2D eigenvalue weighted by atomic mass is 10.1. The molecule has 0 unspecified atom stereocenters. The van der Waals surface area contributed by atoms with Crippen molar-refractivity contribution in [2.75, 3.05) is 16.8 Å². The van der Waals surface area contributed by atoms with Gasteiger partial charge in [-0.2, -0.15) is 0 Å². The lowest BCUT2D eigenvalue weighted by Crippen LogP contribution is -2.32. The smallest absolute Gasteiger partial charge is 0.283 e. The first-order chi connectivity index (χ1) is 16.3. The van der Waals surface area contributed by atoms with Gasteiger partial charge in [-0.25, -0.2) is 4.90 Å². The van der Waals surface area contributed by atoms with Gasteiger partial charge in [-0.15, -0.1) is 0 Å². The zero-order valence-corrected chi connectivity index (χ0v) is 19.9. The predicted molar refractivity (Wildman–Crippen MR) is 134 cm³/mol. The summed E-state index contributed by atoms with van der Waals surface area (Å²) in [5, 5.41) is 5.92. The molecule has 3 aromatic rings. The van der Waals surface area contributed by atoms with Gasteiger partial charge in [0.25, 0.3) is 17.7 Å². The molecule has 0 saturated carbocycles. The zero-order valence-electron chi connectivity index (χ0n) is 17.6. The van der Waals surface area contributed by atoms with E-state index in [0.717, 1.165) is 10.5 Å². The third-order valence-electron chi connectivity index (χ3n) is 5.11. The monoisotopic (exact) mass is 513 g/mol. The molecule has 6 nitrogen and oxygen atoms in total. The van der Waals surface area contributed by atoms with Crippen molar-refractivity contribution in [2.24, 2.45) is 0 Å². The van der Waals surface area contributed by atoms with E-state index in [-0.39, 0.29) is 27.3 Å². The Kier molecular flexibility index (Phi) is 7.22. The number of benzene rings is 3. The van der Waals surface area contributed by atoms with Gasteiger partial charge in [0, 0.05) is 22.8 Å². The minimum atomic E-state index is -0.729. The van der Waals surface area contributed by atoms with Gasteiger partial charge < -0.3 is 10.6 Å². The summed E-state index contributed by atoms with van der Waals surface area (Å²) in [4.78, 5) is 39.1. The van der Waals surface area contributed by atoms with Gasteiger partial charge in [0.1, 0.15) is 10.7 Å². The van der Waals surface area contributed by atoms with Crippen LogP contribution in [0.4, 0.5) is 11.4 Å². The summed E-state index contributed by atoms with van der Waals surface area (Å²) in [6, 6.07) is 20.8. The SMILES string of the molecule is O=C(NCCc1ccccc1)c1cccc(NC2=C(Cl)C(=O)N(c3cc(Cl)ccc3Cl)C2=O)c1. The van der Waals surface area contributed by atoms with Crippen LogP contribution in [0.1, 0.15) is 15.9 Å². The Bertz CT molecular complexity index is 1310. The maximum Gasteiger partial charge on any atom is 0.283 e. The van der Waals surface area contributed by atoms with Crippen LogP contribution in [0.5, 0.6) is 0 Å². The van der Waals surface area contributed by atoms with E-state index in [1.807, 2.05) is 30.3 Å². The average molecular weight is 515 g/mol. The first-order valence-corrected chi connectivity index (χ1v) is 11.4. The molecule has 0 radical (unpaired) electrons. The summed E-state index contributed by atoms with van der Waals surface area (Å²) in [5.41, 5.74) is 1.94. The molecule has 1 aliphatic rings. The summed E-state index contributed by atoms with van der Waals surface area (Å²) in [7, 11) is 0. The number of hydrogen-bond acceptors (Lipinski definition) is 4. The van der Waals surface area contributed by atoms with Crippen molar-refractivity contribution >= 4 is 63.9 Å². The van der Waals surface area contributed by atoms with Gasteiger partial charge in [0.2, 0.25) is 0 Å². The Labute approximate surface area is 211 Å². The van der Waals surface area contributed by atoms with Crippen molar-refractivity contribution < 1.29 is 14.4 Å². The van der Waals surface area contributed by atoms with Crippen molar-refractivity contribution in [1.29, 1.82) is 0 Å². The molecule has 172 valence electrons. The third kappa shape index (κ3) is 5.09. The highest BCUT2D eigenvalue weighted by molar-refractivity contribution is 6.54. The zero-order chi connectivity index (χ0) is 24.2. The fraction of sp³-hybridized carbons (Fsp3) is 0.0800. The second kappa shape index (κ2) is 10.3. The van der Waals surface area contributed by atoms with E-state index in [9.17, 15) is 14.4 Å². The second-order valence-electron chi connectivity index (χ2n) is 7.43. The molecule has 0 aliphatic carbocycles. The molecule has 3 aromatic carbocycles. The van der Waals surface area contributed by atoms with Crippen molar-refractivity contribution in [3.8, 4) is 0 Å². The van der Waals surface area contributed by atoms with Crippen molar-refractivity contribution in [2.45, 2.75) is 6.42 Å². The molecule has 0 atom stereocenters.